The van der Waals surface area contributed by atoms with E-state index in [4.69, 9.17) is 16.3 Å². The van der Waals surface area contributed by atoms with Crippen LogP contribution in [0.1, 0.15) is 23.0 Å². The Morgan fingerprint density at radius 1 is 1.10 bits per heavy atom. The van der Waals surface area contributed by atoms with Crippen molar-refractivity contribution >= 4 is 23.2 Å². The molecule has 7 heteroatoms. The smallest absolute Gasteiger partial charge is 0.257 e. The number of carbonyl (C=O) groups excluding carboxylic acids is 1. The number of nitrogens with zero attached hydrogens (tertiary/aromatic N) is 4. The zero-order chi connectivity index (χ0) is 21.1. The molecule has 6 nitrogen and oxygen atoms in total. The molecule has 1 aliphatic heterocycles. The summed E-state index contributed by atoms with van der Waals surface area (Å²) in [5.74, 6) is 0.883. The molecule has 1 aliphatic rings. The van der Waals surface area contributed by atoms with E-state index >= 15 is 0 Å². The molecule has 30 heavy (non-hydrogen) atoms. The van der Waals surface area contributed by atoms with Crippen LogP contribution in [-0.4, -0.2) is 53.9 Å². The van der Waals surface area contributed by atoms with Crippen LogP contribution in [0.25, 0.3) is 5.69 Å². The van der Waals surface area contributed by atoms with Gasteiger partial charge < -0.3 is 14.5 Å². The molecule has 1 amide bonds. The van der Waals surface area contributed by atoms with Gasteiger partial charge in [0.1, 0.15) is 5.75 Å². The number of methoxy groups -OCH3 is 1. The molecule has 0 radical (unpaired) electrons. The number of anilines is 1. The Bertz CT molecular complexity index is 1040. The van der Waals surface area contributed by atoms with Gasteiger partial charge in [0.25, 0.3) is 5.91 Å². The van der Waals surface area contributed by atoms with E-state index in [1.807, 2.05) is 59.0 Å². The third-order valence-electron chi connectivity index (χ3n) is 5.48. The lowest BCUT2D eigenvalue weighted by molar-refractivity contribution is 0.0745. The van der Waals surface area contributed by atoms with Crippen LogP contribution < -0.4 is 9.64 Å². The van der Waals surface area contributed by atoms with Crippen molar-refractivity contribution in [2.24, 2.45) is 0 Å². The molecule has 0 saturated carbocycles. The largest absolute Gasteiger partial charge is 0.495 e. The third kappa shape index (κ3) is 3.87. The Morgan fingerprint density at radius 2 is 1.87 bits per heavy atom. The second-order valence-electron chi connectivity index (χ2n) is 7.20. The molecular formula is C23H25ClN4O2. The van der Waals surface area contributed by atoms with Crippen molar-refractivity contribution in [1.82, 2.24) is 14.7 Å². The molecule has 0 bridgehead atoms. The van der Waals surface area contributed by atoms with Gasteiger partial charge in [0, 0.05) is 31.2 Å². The first-order valence-electron chi connectivity index (χ1n) is 10.1. The number of aromatic nitrogens is 2. The van der Waals surface area contributed by atoms with Gasteiger partial charge in [-0.2, -0.15) is 5.10 Å². The highest BCUT2D eigenvalue weighted by molar-refractivity contribution is 6.30. The second kappa shape index (κ2) is 8.79. The molecule has 0 unspecified atom stereocenters. The highest BCUT2D eigenvalue weighted by Gasteiger charge is 2.26. The summed E-state index contributed by atoms with van der Waals surface area (Å²) >= 11 is 6.14. The maximum atomic E-state index is 13.3. The van der Waals surface area contributed by atoms with E-state index in [0.29, 0.717) is 30.1 Å². The van der Waals surface area contributed by atoms with E-state index in [9.17, 15) is 4.79 Å². The van der Waals surface area contributed by atoms with E-state index in [0.717, 1.165) is 35.9 Å². The summed E-state index contributed by atoms with van der Waals surface area (Å²) in [5, 5.41) is 5.13. The SMILES string of the molecule is CCc1c(C(=O)N2CCN(c3ccccc3OC)CC2)cnn1-c1cccc(Cl)c1. The minimum atomic E-state index is 0.0276. The number of hydrogen-bond acceptors (Lipinski definition) is 4. The zero-order valence-electron chi connectivity index (χ0n) is 17.2. The van der Waals surface area contributed by atoms with Crippen molar-refractivity contribution in [2.75, 3.05) is 38.2 Å². The van der Waals surface area contributed by atoms with Crippen molar-refractivity contribution in [3.8, 4) is 11.4 Å². The lowest BCUT2D eigenvalue weighted by Crippen LogP contribution is -2.49. The van der Waals surface area contributed by atoms with Gasteiger partial charge in [0.2, 0.25) is 0 Å². The average molecular weight is 425 g/mol. The monoisotopic (exact) mass is 424 g/mol. The van der Waals surface area contributed by atoms with Gasteiger partial charge in [-0.05, 0) is 36.8 Å². The number of piperazine rings is 1. The van der Waals surface area contributed by atoms with Crippen LogP contribution in [0.3, 0.4) is 0 Å². The maximum Gasteiger partial charge on any atom is 0.257 e. The van der Waals surface area contributed by atoms with Crippen LogP contribution >= 0.6 is 11.6 Å². The standard InChI is InChI=1S/C23H25ClN4O2/c1-3-20-19(16-25-28(20)18-8-6-7-17(24)15-18)23(29)27-13-11-26(12-14-27)21-9-4-5-10-22(21)30-2/h4-10,15-16H,3,11-14H2,1-2H3. The predicted molar refractivity (Wildman–Crippen MR) is 119 cm³/mol. The molecule has 1 saturated heterocycles. The van der Waals surface area contributed by atoms with Crippen molar-refractivity contribution in [2.45, 2.75) is 13.3 Å². The molecule has 3 aromatic rings. The number of carbonyl (C=O) groups is 1. The van der Waals surface area contributed by atoms with Crippen molar-refractivity contribution in [1.29, 1.82) is 0 Å². The number of para-hydroxylation sites is 2. The third-order valence-corrected chi connectivity index (χ3v) is 5.71. The Hall–Kier alpha value is -2.99. The zero-order valence-corrected chi connectivity index (χ0v) is 18.0. The van der Waals surface area contributed by atoms with Gasteiger partial charge in [0.05, 0.1) is 35.9 Å². The Morgan fingerprint density at radius 3 is 2.57 bits per heavy atom. The normalized spacial score (nSPS) is 14.1. The van der Waals surface area contributed by atoms with Crippen molar-refractivity contribution in [3.05, 3.63) is 71.0 Å². The number of amides is 1. The van der Waals surface area contributed by atoms with Crippen LogP contribution in [-0.2, 0) is 6.42 Å². The van der Waals surface area contributed by atoms with Crippen LogP contribution in [0.5, 0.6) is 5.75 Å². The highest BCUT2D eigenvalue weighted by Crippen LogP contribution is 2.29. The average Bonchev–Trinajstić information content (AvgIpc) is 3.23. The van der Waals surface area contributed by atoms with Gasteiger partial charge in [-0.25, -0.2) is 4.68 Å². The summed E-state index contributed by atoms with van der Waals surface area (Å²) in [7, 11) is 1.68. The molecule has 0 atom stereocenters. The van der Waals surface area contributed by atoms with Gasteiger partial charge in [-0.1, -0.05) is 36.7 Å². The first-order chi connectivity index (χ1) is 14.6. The Kier molecular flexibility index (Phi) is 5.95. The molecule has 2 heterocycles. The summed E-state index contributed by atoms with van der Waals surface area (Å²) in [5.41, 5.74) is 3.48. The second-order valence-corrected chi connectivity index (χ2v) is 7.64. The fourth-order valence-corrected chi connectivity index (χ4v) is 4.12. The van der Waals surface area contributed by atoms with Crippen molar-refractivity contribution in [3.63, 3.8) is 0 Å². The van der Waals surface area contributed by atoms with Crippen LogP contribution in [0, 0.1) is 0 Å². The van der Waals surface area contributed by atoms with Gasteiger partial charge >= 0.3 is 0 Å². The van der Waals surface area contributed by atoms with E-state index in [1.54, 1.807) is 13.3 Å². The van der Waals surface area contributed by atoms with E-state index in [1.165, 1.54) is 0 Å². The summed E-state index contributed by atoms with van der Waals surface area (Å²) in [6, 6.07) is 15.5. The fraction of sp³-hybridized carbons (Fsp3) is 0.304. The molecule has 1 aromatic heterocycles. The molecule has 0 spiro atoms. The highest BCUT2D eigenvalue weighted by atomic mass is 35.5. The number of ether oxygens (including phenoxy) is 1. The Labute approximate surface area is 181 Å². The first kappa shape index (κ1) is 20.3. The minimum Gasteiger partial charge on any atom is -0.495 e. The number of hydrogen-bond donors (Lipinski definition) is 0. The minimum absolute atomic E-state index is 0.0276. The molecule has 2 aromatic carbocycles. The summed E-state index contributed by atoms with van der Waals surface area (Å²) in [6.45, 7) is 4.87. The van der Waals surface area contributed by atoms with Gasteiger partial charge in [-0.15, -0.1) is 0 Å². The van der Waals surface area contributed by atoms with Gasteiger partial charge in [0.15, 0.2) is 0 Å². The molecule has 0 aliphatic carbocycles. The fourth-order valence-electron chi connectivity index (χ4n) is 3.93. The van der Waals surface area contributed by atoms with Gasteiger partial charge in [-0.3, -0.25) is 4.79 Å². The molecular weight excluding hydrogens is 400 g/mol. The molecule has 0 N–H and O–H groups in total. The number of halogens is 1. The lowest BCUT2D eigenvalue weighted by atomic mass is 10.1. The number of benzene rings is 2. The van der Waals surface area contributed by atoms with E-state index < -0.39 is 0 Å². The van der Waals surface area contributed by atoms with Crippen molar-refractivity contribution < 1.29 is 9.53 Å². The quantitative estimate of drug-likeness (QED) is 0.619. The van der Waals surface area contributed by atoms with Crippen LogP contribution in [0.2, 0.25) is 5.02 Å². The lowest BCUT2D eigenvalue weighted by Gasteiger charge is -2.36. The van der Waals surface area contributed by atoms with E-state index in [2.05, 4.69) is 16.1 Å². The van der Waals surface area contributed by atoms with E-state index in [-0.39, 0.29) is 5.91 Å². The predicted octanol–water partition coefficient (Wildman–Crippen LogP) is 4.06. The Balaban J connectivity index is 1.51. The van der Waals surface area contributed by atoms with Crippen LogP contribution in [0.4, 0.5) is 5.69 Å². The molecule has 156 valence electrons. The van der Waals surface area contributed by atoms with Crippen LogP contribution in [0.15, 0.2) is 54.7 Å². The number of rotatable bonds is 5. The summed E-state index contributed by atoms with van der Waals surface area (Å²) < 4.78 is 7.29. The molecule has 1 fully saturated rings. The first-order valence-corrected chi connectivity index (χ1v) is 10.5. The summed E-state index contributed by atoms with van der Waals surface area (Å²) in [4.78, 5) is 17.4. The summed E-state index contributed by atoms with van der Waals surface area (Å²) in [6.07, 6.45) is 2.38. The topological polar surface area (TPSA) is 50.6 Å². The maximum absolute atomic E-state index is 13.3. The molecule has 4 rings (SSSR count).